The lowest BCUT2D eigenvalue weighted by Crippen LogP contribution is -2.47. The molecule has 136 valence electrons. The molecule has 6 nitrogen and oxygen atoms in total. The maximum atomic E-state index is 11.1. The minimum absolute atomic E-state index is 0. The van der Waals surface area contributed by atoms with Crippen molar-refractivity contribution in [3.8, 4) is 0 Å². The van der Waals surface area contributed by atoms with Crippen LogP contribution in [0.15, 0.2) is 4.99 Å². The van der Waals surface area contributed by atoms with Gasteiger partial charge in [-0.25, -0.2) is 0 Å². The van der Waals surface area contributed by atoms with E-state index in [1.165, 1.54) is 7.11 Å². The Hall–Kier alpha value is -0.570. The number of esters is 1. The average molecular weight is 441 g/mol. The molecule has 0 aliphatic carbocycles. The van der Waals surface area contributed by atoms with E-state index in [9.17, 15) is 4.79 Å². The molecule has 0 saturated carbocycles. The molecule has 1 fully saturated rings. The molecule has 1 aliphatic heterocycles. The van der Waals surface area contributed by atoms with Crippen molar-refractivity contribution in [1.29, 1.82) is 0 Å². The van der Waals surface area contributed by atoms with Crippen LogP contribution in [0.3, 0.4) is 0 Å². The first-order valence-electron chi connectivity index (χ1n) is 8.01. The van der Waals surface area contributed by atoms with Crippen LogP contribution < -0.4 is 10.6 Å². The number of hydrogen-bond donors (Lipinski definition) is 2. The summed E-state index contributed by atoms with van der Waals surface area (Å²) in [6, 6.07) is 0. The van der Waals surface area contributed by atoms with E-state index in [-0.39, 0.29) is 41.5 Å². The first kappa shape index (κ1) is 22.4. The molecule has 2 atom stereocenters. The molecule has 0 radical (unpaired) electrons. The summed E-state index contributed by atoms with van der Waals surface area (Å²) in [5.41, 5.74) is 0.134. The molecule has 2 unspecified atom stereocenters. The molecule has 1 rings (SSSR count). The highest BCUT2D eigenvalue weighted by Crippen LogP contribution is 2.33. The van der Waals surface area contributed by atoms with E-state index in [0.717, 1.165) is 26.0 Å². The van der Waals surface area contributed by atoms with Gasteiger partial charge in [0.2, 0.25) is 0 Å². The van der Waals surface area contributed by atoms with Gasteiger partial charge in [-0.3, -0.25) is 9.79 Å². The molecule has 0 aromatic carbocycles. The van der Waals surface area contributed by atoms with Gasteiger partial charge in [-0.15, -0.1) is 24.0 Å². The van der Waals surface area contributed by atoms with Crippen molar-refractivity contribution in [2.24, 2.45) is 16.3 Å². The van der Waals surface area contributed by atoms with E-state index < -0.39 is 0 Å². The second-order valence-electron chi connectivity index (χ2n) is 6.77. The normalized spacial score (nSPS) is 22.0. The van der Waals surface area contributed by atoms with Gasteiger partial charge in [-0.1, -0.05) is 20.8 Å². The van der Waals surface area contributed by atoms with Crippen LogP contribution in [0.1, 0.15) is 40.0 Å². The van der Waals surface area contributed by atoms with Crippen LogP contribution in [0.5, 0.6) is 0 Å². The van der Waals surface area contributed by atoms with Crippen LogP contribution in [-0.4, -0.2) is 51.9 Å². The zero-order valence-electron chi connectivity index (χ0n) is 15.0. The average Bonchev–Trinajstić information content (AvgIpc) is 2.49. The van der Waals surface area contributed by atoms with E-state index in [0.29, 0.717) is 24.8 Å². The molecular formula is C16H32IN3O3. The Morgan fingerprint density at radius 3 is 2.61 bits per heavy atom. The number of methoxy groups -OCH3 is 1. The SMILES string of the molecule is CN=C(NCCC(=O)OC)NCC1CCCOC1C(C)(C)C.I. The quantitative estimate of drug-likeness (QED) is 0.296. The number of ether oxygens (including phenoxy) is 2. The summed E-state index contributed by atoms with van der Waals surface area (Å²) in [7, 11) is 3.12. The largest absolute Gasteiger partial charge is 0.469 e. The molecule has 1 saturated heterocycles. The Kier molecular flexibility index (Phi) is 10.8. The summed E-state index contributed by atoms with van der Waals surface area (Å²) in [5.74, 6) is 0.950. The van der Waals surface area contributed by atoms with Crippen molar-refractivity contribution < 1.29 is 14.3 Å². The number of carbonyl (C=O) groups is 1. The third kappa shape index (κ3) is 8.19. The lowest BCUT2D eigenvalue weighted by Gasteiger charge is -2.40. The minimum Gasteiger partial charge on any atom is -0.469 e. The smallest absolute Gasteiger partial charge is 0.307 e. The van der Waals surface area contributed by atoms with Crippen LogP contribution in [-0.2, 0) is 14.3 Å². The Balaban J connectivity index is 0.00000484. The van der Waals surface area contributed by atoms with Crippen LogP contribution in [0, 0.1) is 11.3 Å². The fraction of sp³-hybridized carbons (Fsp3) is 0.875. The summed E-state index contributed by atoms with van der Waals surface area (Å²) >= 11 is 0. The number of nitrogens with one attached hydrogen (secondary N) is 2. The highest BCUT2D eigenvalue weighted by atomic mass is 127. The van der Waals surface area contributed by atoms with Crippen LogP contribution in [0.4, 0.5) is 0 Å². The van der Waals surface area contributed by atoms with Gasteiger partial charge >= 0.3 is 5.97 Å². The standard InChI is InChI=1S/C16H31N3O3.HI/c1-16(2,3)14-12(7-6-10-22-14)11-19-15(17-4)18-9-8-13(20)21-5;/h12,14H,6-11H2,1-5H3,(H2,17,18,19);1H. The number of halogens is 1. The number of aliphatic imine (C=N–C) groups is 1. The van der Waals surface area contributed by atoms with Crippen molar-refractivity contribution in [3.63, 3.8) is 0 Å². The summed E-state index contributed by atoms with van der Waals surface area (Å²) in [5, 5.41) is 6.46. The van der Waals surface area contributed by atoms with E-state index in [4.69, 9.17) is 4.74 Å². The van der Waals surface area contributed by atoms with Gasteiger partial charge in [0.25, 0.3) is 0 Å². The molecule has 0 spiro atoms. The van der Waals surface area contributed by atoms with Crippen LogP contribution in [0.25, 0.3) is 0 Å². The van der Waals surface area contributed by atoms with Gasteiger partial charge < -0.3 is 20.1 Å². The van der Waals surface area contributed by atoms with E-state index >= 15 is 0 Å². The summed E-state index contributed by atoms with van der Waals surface area (Å²) < 4.78 is 10.6. The zero-order valence-corrected chi connectivity index (χ0v) is 17.3. The lowest BCUT2D eigenvalue weighted by molar-refractivity contribution is -0.140. The molecule has 7 heteroatoms. The molecule has 0 aromatic heterocycles. The highest BCUT2D eigenvalue weighted by molar-refractivity contribution is 14.0. The Morgan fingerprint density at radius 1 is 1.35 bits per heavy atom. The van der Waals surface area contributed by atoms with Gasteiger partial charge in [-0.05, 0) is 18.3 Å². The van der Waals surface area contributed by atoms with Crippen LogP contribution in [0.2, 0.25) is 0 Å². The maximum Gasteiger partial charge on any atom is 0.307 e. The number of nitrogens with zero attached hydrogens (tertiary/aromatic N) is 1. The number of rotatable bonds is 5. The predicted octanol–water partition coefficient (Wildman–Crippen LogP) is 2.17. The Bertz CT molecular complexity index is 383. The van der Waals surface area contributed by atoms with Crippen LogP contribution >= 0.6 is 24.0 Å². The second kappa shape index (κ2) is 11.1. The first-order chi connectivity index (χ1) is 10.4. The molecule has 0 amide bonds. The summed E-state index contributed by atoms with van der Waals surface area (Å²) in [6.07, 6.45) is 2.84. The molecular weight excluding hydrogens is 409 g/mol. The topological polar surface area (TPSA) is 72.0 Å². The fourth-order valence-electron chi connectivity index (χ4n) is 2.84. The Labute approximate surface area is 157 Å². The highest BCUT2D eigenvalue weighted by Gasteiger charge is 2.35. The fourth-order valence-corrected chi connectivity index (χ4v) is 2.84. The van der Waals surface area contributed by atoms with E-state index in [1.54, 1.807) is 7.05 Å². The molecule has 23 heavy (non-hydrogen) atoms. The Morgan fingerprint density at radius 2 is 2.04 bits per heavy atom. The van der Waals surface area contributed by atoms with Crippen molar-refractivity contribution in [2.75, 3.05) is 33.9 Å². The van der Waals surface area contributed by atoms with Crippen molar-refractivity contribution in [2.45, 2.75) is 46.1 Å². The summed E-state index contributed by atoms with van der Waals surface area (Å²) in [6.45, 7) is 8.85. The molecule has 0 aromatic rings. The van der Waals surface area contributed by atoms with Gasteiger partial charge in [0.05, 0.1) is 19.6 Å². The van der Waals surface area contributed by atoms with Gasteiger partial charge in [0, 0.05) is 32.7 Å². The number of guanidine groups is 1. The van der Waals surface area contributed by atoms with Crippen molar-refractivity contribution >= 4 is 35.9 Å². The number of hydrogen-bond acceptors (Lipinski definition) is 4. The lowest BCUT2D eigenvalue weighted by atomic mass is 9.78. The summed E-state index contributed by atoms with van der Waals surface area (Å²) in [4.78, 5) is 15.3. The second-order valence-corrected chi connectivity index (χ2v) is 6.77. The van der Waals surface area contributed by atoms with Gasteiger partial charge in [0.15, 0.2) is 5.96 Å². The van der Waals surface area contributed by atoms with E-state index in [2.05, 4.69) is 41.1 Å². The molecule has 2 N–H and O–H groups in total. The van der Waals surface area contributed by atoms with Gasteiger partial charge in [0.1, 0.15) is 0 Å². The molecule has 0 bridgehead atoms. The zero-order chi connectivity index (χ0) is 16.6. The van der Waals surface area contributed by atoms with E-state index in [1.807, 2.05) is 0 Å². The maximum absolute atomic E-state index is 11.1. The molecule has 1 heterocycles. The third-order valence-corrected chi connectivity index (χ3v) is 3.90. The van der Waals surface area contributed by atoms with Crippen molar-refractivity contribution in [3.05, 3.63) is 0 Å². The van der Waals surface area contributed by atoms with Crippen molar-refractivity contribution in [1.82, 2.24) is 10.6 Å². The molecule has 1 aliphatic rings. The predicted molar refractivity (Wildman–Crippen MR) is 103 cm³/mol. The minimum atomic E-state index is -0.226. The van der Waals surface area contributed by atoms with Gasteiger partial charge in [-0.2, -0.15) is 0 Å². The monoisotopic (exact) mass is 441 g/mol. The third-order valence-electron chi connectivity index (χ3n) is 3.90. The first-order valence-corrected chi connectivity index (χ1v) is 8.01. The number of carbonyl (C=O) groups excluding carboxylic acids is 1.